The van der Waals surface area contributed by atoms with E-state index in [1.54, 1.807) is 36.4 Å². The topological polar surface area (TPSA) is 70.4 Å². The first-order valence-corrected chi connectivity index (χ1v) is 5.11. The van der Waals surface area contributed by atoms with Crippen molar-refractivity contribution in [3.63, 3.8) is 0 Å². The van der Waals surface area contributed by atoms with Crippen LogP contribution in [0.4, 0.5) is 0 Å². The van der Waals surface area contributed by atoms with Crippen molar-refractivity contribution in [2.45, 2.75) is 0 Å². The molecule has 0 saturated heterocycles. The van der Waals surface area contributed by atoms with Crippen LogP contribution in [0.1, 0.15) is 0 Å². The van der Waals surface area contributed by atoms with E-state index < -0.39 is 0 Å². The Morgan fingerprint density at radius 2 is 1.88 bits per heavy atom. The number of phenols is 1. The molecule has 17 heavy (non-hydrogen) atoms. The fourth-order valence-electron chi connectivity index (χ4n) is 1.67. The molecule has 0 amide bonds. The molecule has 2 aromatic heterocycles. The molecule has 2 N–H and O–H groups in total. The van der Waals surface area contributed by atoms with Crippen LogP contribution in [0.25, 0.3) is 17.0 Å². The van der Waals surface area contributed by atoms with Gasteiger partial charge in [0.15, 0.2) is 11.5 Å². The average Bonchev–Trinajstić information content (AvgIpc) is 2.75. The van der Waals surface area contributed by atoms with Crippen LogP contribution in [0, 0.1) is 0 Å². The van der Waals surface area contributed by atoms with E-state index in [2.05, 4.69) is 10.1 Å². The van der Waals surface area contributed by atoms with Gasteiger partial charge in [0.1, 0.15) is 5.75 Å². The fourth-order valence-corrected chi connectivity index (χ4v) is 1.67. The maximum absolute atomic E-state index is 11.5. The summed E-state index contributed by atoms with van der Waals surface area (Å²) in [6.07, 6.45) is 0. The number of fused-ring (bicyclic) bond motifs is 1. The molecule has 3 aromatic rings. The van der Waals surface area contributed by atoms with Gasteiger partial charge in [0.2, 0.25) is 0 Å². The van der Waals surface area contributed by atoms with Gasteiger partial charge in [-0.3, -0.25) is 9.89 Å². The molecule has 0 spiro atoms. The van der Waals surface area contributed by atoms with E-state index in [0.717, 1.165) is 5.56 Å². The number of nitrogens with zero attached hydrogens (tertiary/aromatic N) is 2. The van der Waals surface area contributed by atoms with Crippen LogP contribution in [0.2, 0.25) is 0 Å². The van der Waals surface area contributed by atoms with Gasteiger partial charge in [-0.25, -0.2) is 4.98 Å². The number of benzene rings is 1. The number of H-pyrrole nitrogens is 1. The number of phenolic OH excluding ortho intramolecular Hbond substituents is 1. The molecular formula is C12H9N3O2. The highest BCUT2D eigenvalue weighted by atomic mass is 16.3. The Bertz CT molecular complexity index is 725. The first kappa shape index (κ1) is 9.65. The maximum atomic E-state index is 11.5. The minimum Gasteiger partial charge on any atom is -0.508 e. The highest BCUT2D eigenvalue weighted by Gasteiger charge is 2.05. The lowest BCUT2D eigenvalue weighted by Crippen LogP contribution is -2.11. The van der Waals surface area contributed by atoms with Crippen LogP contribution in [0.15, 0.2) is 47.3 Å². The summed E-state index contributed by atoms with van der Waals surface area (Å²) in [4.78, 5) is 15.8. The zero-order chi connectivity index (χ0) is 11.8. The molecule has 2 heterocycles. The molecule has 0 saturated carbocycles. The second-order valence-corrected chi connectivity index (χ2v) is 3.68. The number of rotatable bonds is 1. The lowest BCUT2D eigenvalue weighted by molar-refractivity contribution is 0.475. The summed E-state index contributed by atoms with van der Waals surface area (Å²) in [5.74, 6) is 0.787. The first-order chi connectivity index (χ1) is 8.24. The highest BCUT2D eigenvalue weighted by molar-refractivity contribution is 5.58. The predicted octanol–water partition coefficient (Wildman–Crippen LogP) is 1.40. The molecule has 3 rings (SSSR count). The normalized spacial score (nSPS) is 10.8. The van der Waals surface area contributed by atoms with Gasteiger partial charge >= 0.3 is 0 Å². The van der Waals surface area contributed by atoms with E-state index in [1.165, 1.54) is 10.6 Å². The summed E-state index contributed by atoms with van der Waals surface area (Å²) >= 11 is 0. The summed E-state index contributed by atoms with van der Waals surface area (Å²) in [6.45, 7) is 0. The number of pyridine rings is 1. The summed E-state index contributed by atoms with van der Waals surface area (Å²) < 4.78 is 1.38. The number of aromatic nitrogens is 3. The number of hydrogen-bond acceptors (Lipinski definition) is 3. The molecule has 0 aliphatic rings. The highest BCUT2D eigenvalue weighted by Crippen LogP contribution is 2.18. The third kappa shape index (κ3) is 1.57. The van der Waals surface area contributed by atoms with Gasteiger partial charge < -0.3 is 5.11 Å². The molecule has 5 nitrogen and oxygen atoms in total. The van der Waals surface area contributed by atoms with Gasteiger partial charge in [-0.05, 0) is 30.3 Å². The van der Waals surface area contributed by atoms with Crippen LogP contribution in [0.3, 0.4) is 0 Å². The van der Waals surface area contributed by atoms with Gasteiger partial charge in [0, 0.05) is 11.6 Å². The minimum absolute atomic E-state index is 0.153. The lowest BCUT2D eigenvalue weighted by atomic mass is 10.2. The second kappa shape index (κ2) is 3.48. The molecule has 0 unspecified atom stereocenters. The number of nitrogens with one attached hydrogen (secondary N) is 1. The van der Waals surface area contributed by atoms with E-state index in [9.17, 15) is 9.90 Å². The average molecular weight is 227 g/mol. The molecule has 0 fully saturated rings. The Kier molecular flexibility index (Phi) is 1.98. The standard InChI is InChI=1S/C12H9N3O2/c16-9-6-4-8(5-7-9)12-13-10-2-1-3-11(17)15(10)14-12/h1-7,16H,(H,13,14). The van der Waals surface area contributed by atoms with Crippen molar-refractivity contribution in [2.24, 2.45) is 0 Å². The number of aromatic hydroxyl groups is 1. The van der Waals surface area contributed by atoms with Crippen molar-refractivity contribution in [3.8, 4) is 17.1 Å². The van der Waals surface area contributed by atoms with Crippen LogP contribution in [-0.4, -0.2) is 19.7 Å². The van der Waals surface area contributed by atoms with E-state index in [-0.39, 0.29) is 11.3 Å². The Hall–Kier alpha value is -2.56. The van der Waals surface area contributed by atoms with Crippen molar-refractivity contribution >= 4 is 5.65 Å². The molecular weight excluding hydrogens is 218 g/mol. The van der Waals surface area contributed by atoms with Crippen LogP contribution >= 0.6 is 0 Å². The smallest absolute Gasteiger partial charge is 0.271 e. The van der Waals surface area contributed by atoms with Crippen LogP contribution in [0.5, 0.6) is 5.75 Å². The van der Waals surface area contributed by atoms with Crippen molar-refractivity contribution in [2.75, 3.05) is 0 Å². The summed E-state index contributed by atoms with van der Waals surface area (Å²) in [5.41, 5.74) is 1.23. The summed E-state index contributed by atoms with van der Waals surface area (Å²) in [5, 5.41) is 12.1. The summed E-state index contributed by atoms with van der Waals surface area (Å²) in [6, 6.07) is 11.5. The lowest BCUT2D eigenvalue weighted by Gasteiger charge is -1.95. The van der Waals surface area contributed by atoms with Gasteiger partial charge in [0.05, 0.1) is 0 Å². The largest absolute Gasteiger partial charge is 0.508 e. The quantitative estimate of drug-likeness (QED) is 0.660. The predicted molar refractivity (Wildman–Crippen MR) is 62.9 cm³/mol. The van der Waals surface area contributed by atoms with Gasteiger partial charge in [-0.2, -0.15) is 4.52 Å². The van der Waals surface area contributed by atoms with Crippen molar-refractivity contribution in [1.29, 1.82) is 0 Å². The third-order valence-corrected chi connectivity index (χ3v) is 2.52. The fraction of sp³-hybridized carbons (Fsp3) is 0. The zero-order valence-electron chi connectivity index (χ0n) is 8.79. The Morgan fingerprint density at radius 1 is 1.12 bits per heavy atom. The van der Waals surface area contributed by atoms with Crippen molar-refractivity contribution in [1.82, 2.24) is 14.6 Å². The van der Waals surface area contributed by atoms with E-state index in [0.29, 0.717) is 11.5 Å². The van der Waals surface area contributed by atoms with Gasteiger partial charge in [0.25, 0.3) is 5.56 Å². The zero-order valence-corrected chi connectivity index (χ0v) is 8.79. The number of aromatic amines is 1. The Balaban J connectivity index is 2.21. The van der Waals surface area contributed by atoms with E-state index in [1.807, 2.05) is 0 Å². The number of hydrogen-bond donors (Lipinski definition) is 2. The molecule has 84 valence electrons. The summed E-state index contributed by atoms with van der Waals surface area (Å²) in [7, 11) is 0. The SMILES string of the molecule is O=c1cccc2nc(-c3ccc(O)cc3)[nH]n12. The first-order valence-electron chi connectivity index (χ1n) is 5.11. The van der Waals surface area contributed by atoms with Crippen LogP contribution < -0.4 is 5.56 Å². The molecule has 0 atom stereocenters. The molecule has 5 heteroatoms. The van der Waals surface area contributed by atoms with Crippen molar-refractivity contribution < 1.29 is 5.11 Å². The van der Waals surface area contributed by atoms with E-state index in [4.69, 9.17) is 0 Å². The monoisotopic (exact) mass is 227 g/mol. The molecule has 0 aliphatic carbocycles. The molecule has 0 aliphatic heterocycles. The van der Waals surface area contributed by atoms with Crippen molar-refractivity contribution in [3.05, 3.63) is 52.8 Å². The molecule has 0 bridgehead atoms. The Labute approximate surface area is 96.0 Å². The van der Waals surface area contributed by atoms with Gasteiger partial charge in [-0.15, -0.1) is 0 Å². The molecule has 0 radical (unpaired) electrons. The van der Waals surface area contributed by atoms with Gasteiger partial charge in [-0.1, -0.05) is 6.07 Å². The third-order valence-electron chi connectivity index (χ3n) is 2.52. The maximum Gasteiger partial charge on any atom is 0.271 e. The minimum atomic E-state index is -0.153. The van der Waals surface area contributed by atoms with Crippen LogP contribution in [-0.2, 0) is 0 Å². The molecule has 1 aromatic carbocycles. The second-order valence-electron chi connectivity index (χ2n) is 3.68. The Morgan fingerprint density at radius 3 is 2.59 bits per heavy atom. The van der Waals surface area contributed by atoms with E-state index >= 15 is 0 Å².